The SMILES string of the molecule is O=C(Nc1cc(Cl)cc(Cl)c1)c1ccoc1Br. The van der Waals surface area contributed by atoms with Crippen molar-refractivity contribution in [3.63, 3.8) is 0 Å². The summed E-state index contributed by atoms with van der Waals surface area (Å²) in [6, 6.07) is 6.37. The lowest BCUT2D eigenvalue weighted by Gasteiger charge is -2.05. The van der Waals surface area contributed by atoms with Gasteiger partial charge in [-0.1, -0.05) is 23.2 Å². The van der Waals surface area contributed by atoms with Gasteiger partial charge in [0.25, 0.3) is 5.91 Å². The van der Waals surface area contributed by atoms with Gasteiger partial charge in [0.15, 0.2) is 4.67 Å². The minimum atomic E-state index is -0.302. The molecule has 0 aliphatic heterocycles. The van der Waals surface area contributed by atoms with Crippen molar-refractivity contribution >= 4 is 50.7 Å². The van der Waals surface area contributed by atoms with E-state index in [9.17, 15) is 4.79 Å². The average molecular weight is 335 g/mol. The number of hydrogen-bond acceptors (Lipinski definition) is 2. The third kappa shape index (κ3) is 3.03. The second-order valence-electron chi connectivity index (χ2n) is 3.22. The lowest BCUT2D eigenvalue weighted by molar-refractivity contribution is 0.102. The molecule has 0 spiro atoms. The highest BCUT2D eigenvalue weighted by atomic mass is 79.9. The van der Waals surface area contributed by atoms with Gasteiger partial charge in [0.05, 0.1) is 11.8 Å². The van der Waals surface area contributed by atoms with Crippen molar-refractivity contribution in [1.82, 2.24) is 0 Å². The highest BCUT2D eigenvalue weighted by Crippen LogP contribution is 2.24. The Morgan fingerprint density at radius 2 is 1.88 bits per heavy atom. The number of amides is 1. The van der Waals surface area contributed by atoms with E-state index in [4.69, 9.17) is 27.6 Å². The standard InChI is InChI=1S/C11H6BrCl2NO2/c12-10-9(1-2-17-10)11(16)15-8-4-6(13)3-7(14)5-8/h1-5H,(H,15,16). The second-order valence-corrected chi connectivity index (χ2v) is 4.81. The van der Waals surface area contributed by atoms with Crippen LogP contribution in [-0.2, 0) is 0 Å². The number of rotatable bonds is 2. The zero-order valence-corrected chi connectivity index (χ0v) is 11.4. The van der Waals surface area contributed by atoms with Gasteiger partial charge >= 0.3 is 0 Å². The average Bonchev–Trinajstić information content (AvgIpc) is 2.62. The van der Waals surface area contributed by atoms with Crippen molar-refractivity contribution < 1.29 is 9.21 Å². The van der Waals surface area contributed by atoms with Gasteiger partial charge in [0.1, 0.15) is 0 Å². The number of anilines is 1. The Morgan fingerprint density at radius 1 is 1.24 bits per heavy atom. The van der Waals surface area contributed by atoms with Gasteiger partial charge in [-0.15, -0.1) is 0 Å². The van der Waals surface area contributed by atoms with Crippen molar-refractivity contribution in [1.29, 1.82) is 0 Å². The molecule has 0 bridgehead atoms. The van der Waals surface area contributed by atoms with Crippen molar-refractivity contribution in [3.8, 4) is 0 Å². The fourth-order valence-electron chi connectivity index (χ4n) is 1.28. The minimum absolute atomic E-state index is 0.302. The van der Waals surface area contributed by atoms with Crippen LogP contribution in [0, 0.1) is 0 Å². The largest absolute Gasteiger partial charge is 0.457 e. The van der Waals surface area contributed by atoms with Crippen molar-refractivity contribution in [2.75, 3.05) is 5.32 Å². The molecule has 1 N–H and O–H groups in total. The molecule has 1 aromatic carbocycles. The van der Waals surface area contributed by atoms with Crippen molar-refractivity contribution in [3.05, 3.63) is 50.8 Å². The zero-order chi connectivity index (χ0) is 12.4. The van der Waals surface area contributed by atoms with E-state index in [2.05, 4.69) is 21.2 Å². The van der Waals surface area contributed by atoms with E-state index in [-0.39, 0.29) is 5.91 Å². The van der Waals surface area contributed by atoms with Crippen LogP contribution in [0.1, 0.15) is 10.4 Å². The first-order valence-corrected chi connectivity index (χ1v) is 6.11. The maximum absolute atomic E-state index is 11.8. The normalized spacial score (nSPS) is 10.3. The highest BCUT2D eigenvalue weighted by molar-refractivity contribution is 9.10. The Labute approximate surface area is 116 Å². The molecule has 2 rings (SSSR count). The zero-order valence-electron chi connectivity index (χ0n) is 8.34. The molecule has 88 valence electrons. The van der Waals surface area contributed by atoms with Crippen LogP contribution >= 0.6 is 39.1 Å². The molecule has 0 fully saturated rings. The van der Waals surface area contributed by atoms with Gasteiger partial charge in [0.2, 0.25) is 0 Å². The number of furan rings is 1. The molecule has 17 heavy (non-hydrogen) atoms. The Kier molecular flexibility index (Phi) is 3.76. The van der Waals surface area contributed by atoms with E-state index in [0.29, 0.717) is 26.0 Å². The van der Waals surface area contributed by atoms with Crippen LogP contribution in [0.2, 0.25) is 10.0 Å². The second kappa shape index (κ2) is 5.12. The summed E-state index contributed by atoms with van der Waals surface area (Å²) in [4.78, 5) is 11.8. The molecule has 1 amide bonds. The third-order valence-corrected chi connectivity index (χ3v) is 3.03. The van der Waals surface area contributed by atoms with Crippen LogP contribution in [-0.4, -0.2) is 5.91 Å². The molecule has 0 saturated heterocycles. The Bertz CT molecular complexity index is 548. The van der Waals surface area contributed by atoms with Gasteiger partial charge in [-0.3, -0.25) is 4.79 Å². The summed E-state index contributed by atoms with van der Waals surface area (Å²) < 4.78 is 5.35. The van der Waals surface area contributed by atoms with E-state index in [1.54, 1.807) is 24.3 Å². The molecule has 0 radical (unpaired) electrons. The van der Waals surface area contributed by atoms with E-state index in [1.807, 2.05) is 0 Å². The monoisotopic (exact) mass is 333 g/mol. The van der Waals surface area contributed by atoms with Crippen LogP contribution < -0.4 is 5.32 Å². The summed E-state index contributed by atoms with van der Waals surface area (Å²) in [5, 5.41) is 3.58. The van der Waals surface area contributed by atoms with Crippen LogP contribution in [0.4, 0.5) is 5.69 Å². The maximum Gasteiger partial charge on any atom is 0.260 e. The Hall–Kier alpha value is -0.970. The fourth-order valence-corrected chi connectivity index (χ4v) is 2.23. The summed E-state index contributed by atoms with van der Waals surface area (Å²) in [5.74, 6) is -0.302. The number of benzene rings is 1. The van der Waals surface area contributed by atoms with E-state index < -0.39 is 0 Å². The molecule has 2 aromatic rings. The summed E-state index contributed by atoms with van der Waals surface area (Å²) in [6.07, 6.45) is 1.42. The molecule has 0 aliphatic carbocycles. The minimum Gasteiger partial charge on any atom is -0.457 e. The lowest BCUT2D eigenvalue weighted by atomic mass is 10.3. The highest BCUT2D eigenvalue weighted by Gasteiger charge is 2.13. The molecule has 0 saturated carbocycles. The topological polar surface area (TPSA) is 42.2 Å². The Balaban J connectivity index is 2.21. The van der Waals surface area contributed by atoms with Gasteiger partial charge in [-0.05, 0) is 40.2 Å². The van der Waals surface area contributed by atoms with E-state index >= 15 is 0 Å². The first-order chi connectivity index (χ1) is 8.06. The van der Waals surface area contributed by atoms with Gasteiger partial charge < -0.3 is 9.73 Å². The molecular weight excluding hydrogens is 329 g/mol. The first kappa shape index (κ1) is 12.5. The molecule has 0 aliphatic rings. The number of carbonyl (C=O) groups is 1. The number of halogens is 3. The molecule has 3 nitrogen and oxygen atoms in total. The van der Waals surface area contributed by atoms with Gasteiger partial charge in [0, 0.05) is 15.7 Å². The van der Waals surface area contributed by atoms with Crippen molar-refractivity contribution in [2.24, 2.45) is 0 Å². The summed E-state index contributed by atoms with van der Waals surface area (Å²) in [7, 11) is 0. The van der Waals surface area contributed by atoms with Gasteiger partial charge in [-0.2, -0.15) is 0 Å². The summed E-state index contributed by atoms with van der Waals surface area (Å²) in [5.41, 5.74) is 0.932. The quantitative estimate of drug-likeness (QED) is 0.872. The molecule has 1 heterocycles. The number of carbonyl (C=O) groups excluding carboxylic acids is 1. The molecular formula is C11H6BrCl2NO2. The Morgan fingerprint density at radius 3 is 2.41 bits per heavy atom. The summed E-state index contributed by atoms with van der Waals surface area (Å²) >= 11 is 14.8. The number of nitrogens with one attached hydrogen (secondary N) is 1. The predicted octanol–water partition coefficient (Wildman–Crippen LogP) is 4.60. The lowest BCUT2D eigenvalue weighted by Crippen LogP contribution is -2.11. The van der Waals surface area contributed by atoms with Crippen LogP contribution in [0.5, 0.6) is 0 Å². The van der Waals surface area contributed by atoms with Crippen LogP contribution in [0.3, 0.4) is 0 Å². The van der Waals surface area contributed by atoms with Gasteiger partial charge in [-0.25, -0.2) is 0 Å². The molecule has 0 unspecified atom stereocenters. The summed E-state index contributed by atoms with van der Waals surface area (Å²) in [6.45, 7) is 0. The smallest absolute Gasteiger partial charge is 0.260 e. The van der Waals surface area contributed by atoms with E-state index in [1.165, 1.54) is 6.26 Å². The predicted molar refractivity (Wildman–Crippen MR) is 70.8 cm³/mol. The third-order valence-electron chi connectivity index (χ3n) is 1.98. The maximum atomic E-state index is 11.8. The molecule has 1 aromatic heterocycles. The van der Waals surface area contributed by atoms with Crippen LogP contribution in [0.15, 0.2) is 39.6 Å². The van der Waals surface area contributed by atoms with Crippen LogP contribution in [0.25, 0.3) is 0 Å². The van der Waals surface area contributed by atoms with Crippen molar-refractivity contribution in [2.45, 2.75) is 0 Å². The molecule has 6 heteroatoms. The first-order valence-electron chi connectivity index (χ1n) is 4.56. The number of hydrogen-bond donors (Lipinski definition) is 1. The molecule has 0 atom stereocenters. The van der Waals surface area contributed by atoms with E-state index in [0.717, 1.165) is 0 Å². The fraction of sp³-hybridized carbons (Fsp3) is 0.